The number of alkyl halides is 3. The zero-order chi connectivity index (χ0) is 9.99. The summed E-state index contributed by atoms with van der Waals surface area (Å²) in [6, 6.07) is 0. The monoisotopic (exact) mass is 231 g/mol. The van der Waals surface area contributed by atoms with E-state index in [-0.39, 0.29) is 12.3 Å². The summed E-state index contributed by atoms with van der Waals surface area (Å²) in [6.45, 7) is 5.50. The fraction of sp³-hybridized carbons (Fsp3) is 0.857. The highest BCUT2D eigenvalue weighted by atomic mass is 35.6. The molecule has 2 nitrogen and oxygen atoms in total. The van der Waals surface area contributed by atoms with E-state index in [4.69, 9.17) is 44.9 Å². The number of ether oxygens (including phenoxy) is 1. The molecule has 0 radical (unpaired) electrons. The third-order valence-electron chi connectivity index (χ3n) is 0.790. The highest BCUT2D eigenvalue weighted by Crippen LogP contribution is 2.30. The van der Waals surface area contributed by atoms with Crippen LogP contribution in [0.3, 0.4) is 0 Å². The van der Waals surface area contributed by atoms with E-state index in [9.17, 15) is 0 Å². The average Bonchev–Trinajstić information content (AvgIpc) is 1.49. The molecule has 0 aliphatic heterocycles. The highest BCUT2D eigenvalue weighted by Gasteiger charge is 2.25. The Morgan fingerprint density at radius 2 is 1.67 bits per heavy atom. The van der Waals surface area contributed by atoms with Crippen LogP contribution in [0.2, 0.25) is 0 Å². The molecule has 72 valence electrons. The molecule has 0 fully saturated rings. The minimum atomic E-state index is -1.44. The largest absolute Gasteiger partial charge is 0.475 e. The molecule has 0 saturated heterocycles. The third kappa shape index (κ3) is 8.44. The van der Waals surface area contributed by atoms with Crippen LogP contribution in [-0.2, 0) is 4.74 Å². The van der Waals surface area contributed by atoms with Gasteiger partial charge in [0.25, 0.3) is 0 Å². The second-order valence-electron chi connectivity index (χ2n) is 3.43. The van der Waals surface area contributed by atoms with Gasteiger partial charge in [0, 0.05) is 0 Å². The molecule has 0 atom stereocenters. The lowest BCUT2D eigenvalue weighted by atomic mass is 10.2. The van der Waals surface area contributed by atoms with Crippen molar-refractivity contribution in [1.29, 1.82) is 5.41 Å². The smallest absolute Gasteiger partial charge is 0.199 e. The van der Waals surface area contributed by atoms with Crippen molar-refractivity contribution in [2.45, 2.75) is 36.6 Å². The molecule has 0 spiro atoms. The summed E-state index contributed by atoms with van der Waals surface area (Å²) in [4.78, 5) is 0. The molecule has 1 N–H and O–H groups in total. The van der Waals surface area contributed by atoms with E-state index in [0.717, 1.165) is 0 Å². The van der Waals surface area contributed by atoms with Gasteiger partial charge in [0.05, 0.1) is 6.42 Å². The Bertz CT molecular complexity index is 150. The van der Waals surface area contributed by atoms with E-state index in [1.807, 2.05) is 20.8 Å². The summed E-state index contributed by atoms with van der Waals surface area (Å²) in [5.74, 6) is -0.0116. The molecule has 0 aliphatic carbocycles. The van der Waals surface area contributed by atoms with Crippen molar-refractivity contribution in [2.75, 3.05) is 0 Å². The predicted octanol–water partition coefficient (Wildman–Crippen LogP) is 3.54. The van der Waals surface area contributed by atoms with Crippen molar-refractivity contribution < 1.29 is 4.74 Å². The first-order chi connectivity index (χ1) is 5.10. The Kier molecular flexibility index (Phi) is 4.15. The number of rotatable bonds is 1. The summed E-state index contributed by atoms with van der Waals surface area (Å²) in [5, 5.41) is 7.32. The zero-order valence-corrected chi connectivity index (χ0v) is 9.52. The van der Waals surface area contributed by atoms with Gasteiger partial charge in [-0.25, -0.2) is 0 Å². The lowest BCUT2D eigenvalue weighted by molar-refractivity contribution is 0.110. The normalized spacial score (nSPS) is 12.8. The second kappa shape index (κ2) is 4.03. The maximum atomic E-state index is 7.32. The standard InChI is InChI=1S/C7H12Cl3NO/c1-6(2,3)12-5(11)4-7(8,9)10/h11H,4H2,1-3H3. The molecular formula is C7H12Cl3NO. The molecule has 0 aromatic heterocycles. The van der Waals surface area contributed by atoms with Gasteiger partial charge >= 0.3 is 0 Å². The Labute approximate surface area is 87.6 Å². The van der Waals surface area contributed by atoms with Crippen LogP contribution < -0.4 is 0 Å². The first-order valence-corrected chi connectivity index (χ1v) is 4.57. The first kappa shape index (κ1) is 12.3. The van der Waals surface area contributed by atoms with Crippen LogP contribution in [0.15, 0.2) is 0 Å². The molecule has 0 aromatic carbocycles. The summed E-state index contributed by atoms with van der Waals surface area (Å²) in [5.41, 5.74) is -0.410. The van der Waals surface area contributed by atoms with Crippen LogP contribution in [0.4, 0.5) is 0 Å². The topological polar surface area (TPSA) is 33.1 Å². The molecule has 12 heavy (non-hydrogen) atoms. The molecule has 0 bridgehead atoms. The highest BCUT2D eigenvalue weighted by molar-refractivity contribution is 6.68. The Morgan fingerprint density at radius 3 is 1.92 bits per heavy atom. The molecular weight excluding hydrogens is 220 g/mol. The first-order valence-electron chi connectivity index (χ1n) is 3.43. The summed E-state index contributed by atoms with van der Waals surface area (Å²) in [6.07, 6.45) is -0.00502. The molecule has 0 unspecified atom stereocenters. The fourth-order valence-corrected chi connectivity index (χ4v) is 0.952. The molecule has 0 heterocycles. The molecule has 5 heteroatoms. The van der Waals surface area contributed by atoms with E-state index in [1.54, 1.807) is 0 Å². The summed E-state index contributed by atoms with van der Waals surface area (Å²) < 4.78 is 3.70. The summed E-state index contributed by atoms with van der Waals surface area (Å²) in [7, 11) is 0. The van der Waals surface area contributed by atoms with Crippen molar-refractivity contribution in [3.8, 4) is 0 Å². The van der Waals surface area contributed by atoms with Crippen LogP contribution in [0, 0.1) is 5.41 Å². The maximum absolute atomic E-state index is 7.32. The predicted molar refractivity (Wildman–Crippen MR) is 53.5 cm³/mol. The van der Waals surface area contributed by atoms with E-state index < -0.39 is 9.39 Å². The van der Waals surface area contributed by atoms with Gasteiger partial charge in [-0.05, 0) is 20.8 Å². The van der Waals surface area contributed by atoms with Crippen molar-refractivity contribution in [1.82, 2.24) is 0 Å². The number of nitrogens with one attached hydrogen (secondary N) is 1. The molecule has 0 amide bonds. The van der Waals surface area contributed by atoms with Crippen LogP contribution in [0.1, 0.15) is 27.2 Å². The quantitative estimate of drug-likeness (QED) is 0.419. The van der Waals surface area contributed by atoms with Gasteiger partial charge in [0.1, 0.15) is 5.60 Å². The van der Waals surface area contributed by atoms with E-state index in [1.165, 1.54) is 0 Å². The lowest BCUT2D eigenvalue weighted by Gasteiger charge is -2.22. The molecule has 0 aliphatic rings. The van der Waals surface area contributed by atoms with Crippen molar-refractivity contribution in [2.24, 2.45) is 0 Å². The van der Waals surface area contributed by atoms with E-state index in [2.05, 4.69) is 0 Å². The lowest BCUT2D eigenvalue weighted by Crippen LogP contribution is -2.25. The number of halogens is 3. The van der Waals surface area contributed by atoms with Crippen LogP contribution in [0.25, 0.3) is 0 Å². The van der Waals surface area contributed by atoms with Crippen LogP contribution >= 0.6 is 34.8 Å². The van der Waals surface area contributed by atoms with Crippen LogP contribution in [0.5, 0.6) is 0 Å². The Hall–Kier alpha value is 0.340. The summed E-state index contributed by atoms with van der Waals surface area (Å²) >= 11 is 16.4. The minimum Gasteiger partial charge on any atom is -0.475 e. The SMILES string of the molecule is CC(C)(C)OC(=N)CC(Cl)(Cl)Cl. The second-order valence-corrected chi connectivity index (χ2v) is 5.95. The third-order valence-corrected chi connectivity index (χ3v) is 1.19. The Morgan fingerprint density at radius 1 is 1.25 bits per heavy atom. The van der Waals surface area contributed by atoms with Gasteiger partial charge in [-0.15, -0.1) is 0 Å². The zero-order valence-electron chi connectivity index (χ0n) is 7.25. The molecule has 0 rings (SSSR count). The average molecular weight is 233 g/mol. The van der Waals surface area contributed by atoms with E-state index >= 15 is 0 Å². The van der Waals surface area contributed by atoms with Gasteiger partial charge in [-0.1, -0.05) is 34.8 Å². The van der Waals surface area contributed by atoms with Gasteiger partial charge in [0.2, 0.25) is 0 Å². The van der Waals surface area contributed by atoms with Gasteiger partial charge in [-0.2, -0.15) is 0 Å². The van der Waals surface area contributed by atoms with Crippen molar-refractivity contribution in [3.63, 3.8) is 0 Å². The van der Waals surface area contributed by atoms with Gasteiger partial charge < -0.3 is 4.74 Å². The minimum absolute atomic E-state index is 0.00502. The van der Waals surface area contributed by atoms with Crippen LogP contribution in [-0.4, -0.2) is 15.3 Å². The van der Waals surface area contributed by atoms with Gasteiger partial charge in [-0.3, -0.25) is 5.41 Å². The molecule has 0 aromatic rings. The van der Waals surface area contributed by atoms with Crippen molar-refractivity contribution >= 4 is 40.7 Å². The fourth-order valence-electron chi connectivity index (χ4n) is 0.588. The van der Waals surface area contributed by atoms with E-state index in [0.29, 0.717) is 0 Å². The number of hydrogen-bond donors (Lipinski definition) is 1. The number of hydrogen-bond acceptors (Lipinski definition) is 2. The van der Waals surface area contributed by atoms with Gasteiger partial charge in [0.15, 0.2) is 9.69 Å². The Balaban J connectivity index is 3.92. The maximum Gasteiger partial charge on any atom is 0.199 e. The molecule has 0 saturated carbocycles. The van der Waals surface area contributed by atoms with Crippen molar-refractivity contribution in [3.05, 3.63) is 0 Å².